The molecule has 8 N–H and O–H groups in total. The average Bonchev–Trinajstić information content (AvgIpc) is 2.98. The second kappa shape index (κ2) is 8.58. The van der Waals surface area contributed by atoms with Gasteiger partial charge in [-0.2, -0.15) is 8.75 Å². The van der Waals surface area contributed by atoms with E-state index >= 15 is 0 Å². The summed E-state index contributed by atoms with van der Waals surface area (Å²) in [7, 11) is -7.30. The van der Waals surface area contributed by atoms with Crippen LogP contribution in [0.4, 0.5) is 0 Å². The van der Waals surface area contributed by atoms with Crippen LogP contribution in [0.2, 0.25) is 12.6 Å². The number of nitrogens with zero attached hydrogens (tertiary/aromatic N) is 2. The third-order valence-electron chi connectivity index (χ3n) is 3.93. The van der Waals surface area contributed by atoms with Crippen molar-refractivity contribution in [3.63, 3.8) is 0 Å². The van der Waals surface area contributed by atoms with Crippen molar-refractivity contribution < 1.29 is 40.2 Å². The van der Waals surface area contributed by atoms with Crippen molar-refractivity contribution in [3.05, 3.63) is 23.3 Å². The first-order chi connectivity index (χ1) is 11.7. The molecule has 0 bridgehead atoms. The number of hydrogen-bond donors (Lipinski definition) is 8. The third-order valence-corrected chi connectivity index (χ3v) is 4.45. The maximum Gasteiger partial charge on any atom is 0.458 e. The fourth-order valence-electron chi connectivity index (χ4n) is 2.78. The zero-order valence-electron chi connectivity index (χ0n) is 12.9. The van der Waals surface area contributed by atoms with Crippen LogP contribution in [0.5, 0.6) is 0 Å². The predicted octanol–water partition coefficient (Wildman–Crippen LogP) is -3.17. The first-order valence-corrected chi connectivity index (χ1v) is 8.15. The molecule has 1 aromatic heterocycles. The van der Waals surface area contributed by atoms with Crippen LogP contribution >= 0.6 is 11.7 Å². The number of aromatic nitrogens is 2. The molecule has 1 heterocycles. The Morgan fingerprint density at radius 2 is 1.08 bits per heavy atom. The molecule has 0 amide bonds. The molecule has 2 aromatic rings. The summed E-state index contributed by atoms with van der Waals surface area (Å²) in [6.45, 7) is 0. The minimum atomic E-state index is -1.88. The van der Waals surface area contributed by atoms with E-state index in [0.29, 0.717) is 11.1 Å². The molecule has 0 aliphatic rings. The lowest BCUT2D eigenvalue weighted by Crippen LogP contribution is -2.30. The van der Waals surface area contributed by atoms with Gasteiger partial charge in [0.25, 0.3) is 0 Å². The molecule has 10 nitrogen and oxygen atoms in total. The van der Waals surface area contributed by atoms with Crippen LogP contribution in [0.3, 0.4) is 0 Å². The highest BCUT2D eigenvalue weighted by molar-refractivity contribution is 7.00. The summed E-state index contributed by atoms with van der Waals surface area (Å²) in [5, 5.41) is 74.8. The fraction of sp³-hybridized carbons (Fsp3) is 0.400. The quantitative estimate of drug-likeness (QED) is 0.221. The van der Waals surface area contributed by atoms with Gasteiger partial charge in [0.1, 0.15) is 11.0 Å². The predicted molar refractivity (Wildman–Crippen MR) is 93.3 cm³/mol. The summed E-state index contributed by atoms with van der Waals surface area (Å²) in [6, 6.07) is 2.87. The molecule has 0 aliphatic carbocycles. The molecule has 2 unspecified atom stereocenters. The van der Waals surface area contributed by atoms with Crippen molar-refractivity contribution in [2.45, 2.75) is 24.3 Å². The molecule has 0 aliphatic heterocycles. The lowest BCUT2D eigenvalue weighted by molar-refractivity contribution is 0.372. The van der Waals surface area contributed by atoms with Crippen LogP contribution in [-0.2, 0) is 0 Å². The van der Waals surface area contributed by atoms with E-state index in [1.807, 2.05) is 0 Å². The maximum absolute atomic E-state index is 9.54. The van der Waals surface area contributed by atoms with Gasteiger partial charge >= 0.3 is 28.5 Å². The van der Waals surface area contributed by atoms with Gasteiger partial charge in [0, 0.05) is 11.6 Å². The summed E-state index contributed by atoms with van der Waals surface area (Å²) in [5.41, 5.74) is 1.07. The lowest BCUT2D eigenvalue weighted by Gasteiger charge is -2.20. The normalized spacial score (nSPS) is 13.6. The smallest absolute Gasteiger partial charge is 0.427 e. The molecule has 0 saturated heterocycles. The van der Waals surface area contributed by atoms with E-state index in [2.05, 4.69) is 8.75 Å². The van der Waals surface area contributed by atoms with Gasteiger partial charge < -0.3 is 40.2 Å². The molecular weight excluding hydrogens is 351 g/mol. The van der Waals surface area contributed by atoms with Crippen molar-refractivity contribution in [1.29, 1.82) is 0 Å². The van der Waals surface area contributed by atoms with Gasteiger partial charge in [0.05, 0.1) is 11.7 Å². The molecular formula is C10H16B4N2O8S. The van der Waals surface area contributed by atoms with Crippen LogP contribution in [0.15, 0.2) is 12.1 Å². The van der Waals surface area contributed by atoms with Crippen molar-refractivity contribution in [3.8, 4) is 0 Å². The Labute approximate surface area is 148 Å². The Hall–Kier alpha value is -1.02. The monoisotopic (exact) mass is 368 g/mol. The van der Waals surface area contributed by atoms with Gasteiger partial charge in [0.2, 0.25) is 0 Å². The molecule has 0 saturated carbocycles. The first kappa shape index (κ1) is 20.3. The Morgan fingerprint density at radius 3 is 1.36 bits per heavy atom. The SMILES string of the molecule is OB(O)CC(B(O)O)c1ccc(C(CB(O)O)B(O)O)c2nsnc12. The molecule has 25 heavy (non-hydrogen) atoms. The molecule has 0 fully saturated rings. The first-order valence-electron chi connectivity index (χ1n) is 7.42. The minimum Gasteiger partial charge on any atom is -0.427 e. The summed E-state index contributed by atoms with van der Waals surface area (Å²) in [4.78, 5) is 0. The standard InChI is InChI=1S/C10H16B4N2O8S/c17-11(18)3-7(13(21)22)5-1-2-6(10-9(5)15-25-16-10)8(14(23)24)4-12(19)20/h1-2,7-8,17-24H,3-4H2. The zero-order chi connectivity index (χ0) is 18.7. The van der Waals surface area contributed by atoms with E-state index in [4.69, 9.17) is 20.1 Å². The van der Waals surface area contributed by atoms with Crippen LogP contribution in [0.1, 0.15) is 22.8 Å². The van der Waals surface area contributed by atoms with E-state index in [9.17, 15) is 20.1 Å². The summed E-state index contributed by atoms with van der Waals surface area (Å²) in [5.74, 6) is -2.11. The Kier molecular flexibility index (Phi) is 6.96. The molecule has 132 valence electrons. The van der Waals surface area contributed by atoms with Crippen molar-refractivity contribution in [1.82, 2.24) is 8.75 Å². The highest BCUT2D eigenvalue weighted by atomic mass is 32.1. The van der Waals surface area contributed by atoms with Gasteiger partial charge in [-0.3, -0.25) is 0 Å². The highest BCUT2D eigenvalue weighted by Crippen LogP contribution is 2.35. The number of rotatable bonds is 8. The number of benzene rings is 1. The van der Waals surface area contributed by atoms with Crippen molar-refractivity contribution >= 4 is 51.2 Å². The van der Waals surface area contributed by atoms with E-state index in [1.165, 1.54) is 12.1 Å². The van der Waals surface area contributed by atoms with Crippen molar-refractivity contribution in [2.24, 2.45) is 0 Å². The Bertz CT molecular complexity index is 647. The van der Waals surface area contributed by atoms with Gasteiger partial charge in [-0.1, -0.05) is 12.1 Å². The van der Waals surface area contributed by atoms with Crippen LogP contribution in [0.25, 0.3) is 11.0 Å². The van der Waals surface area contributed by atoms with E-state index in [-0.39, 0.29) is 23.7 Å². The summed E-state index contributed by atoms with van der Waals surface area (Å²) >= 11 is 0.801. The topological polar surface area (TPSA) is 188 Å². The van der Waals surface area contributed by atoms with E-state index < -0.39 is 40.1 Å². The van der Waals surface area contributed by atoms with Crippen LogP contribution in [0, 0.1) is 0 Å². The zero-order valence-corrected chi connectivity index (χ0v) is 13.7. The number of hydrogen-bond acceptors (Lipinski definition) is 11. The third kappa shape index (κ3) is 4.78. The second-order valence-electron chi connectivity index (χ2n) is 5.68. The van der Waals surface area contributed by atoms with Gasteiger partial charge in [-0.15, -0.1) is 0 Å². The van der Waals surface area contributed by atoms with Crippen LogP contribution in [-0.4, -0.2) is 77.4 Å². The molecule has 2 rings (SSSR count). The number of fused-ring (bicyclic) bond motifs is 1. The van der Waals surface area contributed by atoms with Gasteiger partial charge in [-0.05, 0) is 23.8 Å². The largest absolute Gasteiger partial charge is 0.458 e. The van der Waals surface area contributed by atoms with Crippen molar-refractivity contribution in [2.75, 3.05) is 0 Å². The average molecular weight is 368 g/mol. The molecule has 1 aromatic carbocycles. The molecule has 0 spiro atoms. The highest BCUT2D eigenvalue weighted by Gasteiger charge is 2.35. The molecule has 2 atom stereocenters. The van der Waals surface area contributed by atoms with E-state index in [0.717, 1.165) is 11.7 Å². The van der Waals surface area contributed by atoms with Gasteiger partial charge in [0.15, 0.2) is 0 Å². The second-order valence-corrected chi connectivity index (χ2v) is 6.21. The molecule has 0 radical (unpaired) electrons. The lowest BCUT2D eigenvalue weighted by atomic mass is 9.57. The maximum atomic E-state index is 9.54. The fourth-order valence-corrected chi connectivity index (χ4v) is 3.36. The molecule has 15 heteroatoms. The summed E-state index contributed by atoms with van der Waals surface area (Å²) < 4.78 is 8.14. The Balaban J connectivity index is 2.53. The Morgan fingerprint density at radius 1 is 0.720 bits per heavy atom. The van der Waals surface area contributed by atoms with E-state index in [1.54, 1.807) is 0 Å². The van der Waals surface area contributed by atoms with Gasteiger partial charge in [-0.25, -0.2) is 0 Å². The summed E-state index contributed by atoms with van der Waals surface area (Å²) in [6.07, 6.45) is -0.712. The van der Waals surface area contributed by atoms with Crippen LogP contribution < -0.4 is 0 Å². The minimum absolute atomic E-state index is 0.235.